The quantitative estimate of drug-likeness (QED) is 0.513. The van der Waals surface area contributed by atoms with Crippen LogP contribution in [0, 0.1) is 28.6 Å². The fraction of sp³-hybridized carbons (Fsp3) is 0.867. The summed E-state index contributed by atoms with van der Waals surface area (Å²) in [5, 5.41) is 0. The first-order valence-electron chi connectivity index (χ1n) is 6.68. The normalized spacial score (nSPS) is 51.9. The maximum absolute atomic E-state index is 4.46. The summed E-state index contributed by atoms with van der Waals surface area (Å²) in [5.74, 6) is 2.90. The Morgan fingerprint density at radius 3 is 2.73 bits per heavy atom. The second-order valence-corrected chi connectivity index (χ2v) is 6.89. The number of fused-ring (bicyclic) bond motifs is 1. The van der Waals surface area contributed by atoms with Gasteiger partial charge in [-0.1, -0.05) is 32.9 Å². The molecule has 3 fully saturated rings. The van der Waals surface area contributed by atoms with E-state index >= 15 is 0 Å². The molecule has 3 aliphatic rings. The highest BCUT2D eigenvalue weighted by atomic mass is 14.7. The molecule has 0 heteroatoms. The molecule has 0 heterocycles. The SMILES string of the molecule is C=C1CC[C@@H]2C[C@@H]3[C@H](C)CC[C@@]13C2(C)C. The van der Waals surface area contributed by atoms with Crippen LogP contribution in [0.25, 0.3) is 0 Å². The van der Waals surface area contributed by atoms with Gasteiger partial charge in [0.05, 0.1) is 0 Å². The zero-order valence-corrected chi connectivity index (χ0v) is 10.5. The van der Waals surface area contributed by atoms with Crippen LogP contribution >= 0.6 is 0 Å². The Bertz CT molecular complexity index is 312. The minimum atomic E-state index is 0.537. The van der Waals surface area contributed by atoms with E-state index in [1.54, 1.807) is 5.57 Å². The van der Waals surface area contributed by atoms with E-state index in [0.717, 1.165) is 17.8 Å². The lowest BCUT2D eigenvalue weighted by Crippen LogP contribution is -2.42. The first-order valence-corrected chi connectivity index (χ1v) is 6.68. The lowest BCUT2D eigenvalue weighted by atomic mass is 9.54. The summed E-state index contributed by atoms with van der Waals surface area (Å²) in [6.45, 7) is 12.0. The molecule has 0 amide bonds. The van der Waals surface area contributed by atoms with Crippen molar-refractivity contribution in [3.05, 3.63) is 12.2 Å². The predicted octanol–water partition coefficient (Wildman–Crippen LogP) is 4.42. The molecule has 0 aliphatic heterocycles. The van der Waals surface area contributed by atoms with E-state index in [4.69, 9.17) is 0 Å². The van der Waals surface area contributed by atoms with Crippen molar-refractivity contribution >= 4 is 0 Å². The van der Waals surface area contributed by atoms with Gasteiger partial charge < -0.3 is 0 Å². The van der Waals surface area contributed by atoms with Crippen LogP contribution in [0.5, 0.6) is 0 Å². The van der Waals surface area contributed by atoms with E-state index in [2.05, 4.69) is 27.4 Å². The molecule has 3 aliphatic carbocycles. The fourth-order valence-corrected chi connectivity index (χ4v) is 5.47. The van der Waals surface area contributed by atoms with Crippen molar-refractivity contribution in [1.82, 2.24) is 0 Å². The molecule has 0 saturated heterocycles. The van der Waals surface area contributed by atoms with Crippen molar-refractivity contribution in [3.8, 4) is 0 Å². The van der Waals surface area contributed by atoms with Crippen LogP contribution in [-0.2, 0) is 0 Å². The molecule has 0 aromatic rings. The van der Waals surface area contributed by atoms with Crippen molar-refractivity contribution in [1.29, 1.82) is 0 Å². The van der Waals surface area contributed by atoms with Crippen molar-refractivity contribution in [2.45, 2.75) is 52.9 Å². The van der Waals surface area contributed by atoms with Crippen molar-refractivity contribution in [3.63, 3.8) is 0 Å². The maximum Gasteiger partial charge on any atom is -0.000607 e. The third-order valence-electron chi connectivity index (χ3n) is 6.45. The third-order valence-corrected chi connectivity index (χ3v) is 6.45. The van der Waals surface area contributed by atoms with Gasteiger partial charge in [-0.3, -0.25) is 0 Å². The van der Waals surface area contributed by atoms with E-state index in [1.165, 1.54) is 32.1 Å². The fourth-order valence-electron chi connectivity index (χ4n) is 5.47. The molecule has 0 nitrogen and oxygen atoms in total. The van der Waals surface area contributed by atoms with Gasteiger partial charge in [-0.2, -0.15) is 0 Å². The van der Waals surface area contributed by atoms with Crippen LogP contribution in [0.3, 0.4) is 0 Å². The molecule has 4 atom stereocenters. The molecule has 0 radical (unpaired) electrons. The van der Waals surface area contributed by atoms with Crippen molar-refractivity contribution in [2.24, 2.45) is 28.6 Å². The topological polar surface area (TPSA) is 0 Å². The number of hydrogen-bond acceptors (Lipinski definition) is 0. The van der Waals surface area contributed by atoms with Gasteiger partial charge >= 0.3 is 0 Å². The molecule has 3 rings (SSSR count). The smallest absolute Gasteiger partial charge is 0.000607 e. The van der Waals surface area contributed by atoms with Crippen LogP contribution in [-0.4, -0.2) is 0 Å². The largest absolute Gasteiger partial charge is 0.0993 e. The number of hydrogen-bond donors (Lipinski definition) is 0. The van der Waals surface area contributed by atoms with Gasteiger partial charge in [0.15, 0.2) is 0 Å². The Kier molecular flexibility index (Phi) is 1.79. The Morgan fingerprint density at radius 2 is 2.00 bits per heavy atom. The van der Waals surface area contributed by atoms with Crippen LogP contribution in [0.1, 0.15) is 52.9 Å². The summed E-state index contributed by atoms with van der Waals surface area (Å²) >= 11 is 0. The van der Waals surface area contributed by atoms with Crippen LogP contribution < -0.4 is 0 Å². The molecule has 1 spiro atoms. The van der Waals surface area contributed by atoms with Gasteiger partial charge in [-0.25, -0.2) is 0 Å². The average Bonchev–Trinajstić information content (AvgIpc) is 2.53. The first kappa shape index (κ1) is 9.93. The number of allylic oxidation sites excluding steroid dienone is 1. The first-order chi connectivity index (χ1) is 7.00. The molecule has 84 valence electrons. The highest BCUT2D eigenvalue weighted by Crippen LogP contribution is 2.73. The lowest BCUT2D eigenvalue weighted by molar-refractivity contribution is 0.0595. The summed E-state index contributed by atoms with van der Waals surface area (Å²) in [5.41, 5.74) is 2.68. The van der Waals surface area contributed by atoms with E-state index in [0.29, 0.717) is 10.8 Å². The Balaban J connectivity index is 2.14. The number of rotatable bonds is 0. The molecule has 0 aromatic heterocycles. The van der Waals surface area contributed by atoms with Gasteiger partial charge in [0, 0.05) is 0 Å². The molecule has 0 aromatic carbocycles. The molecular weight excluding hydrogens is 180 g/mol. The van der Waals surface area contributed by atoms with Crippen LogP contribution in [0.15, 0.2) is 12.2 Å². The highest BCUT2D eigenvalue weighted by Gasteiger charge is 2.65. The van der Waals surface area contributed by atoms with Crippen LogP contribution in [0.2, 0.25) is 0 Å². The minimum Gasteiger partial charge on any atom is -0.0993 e. The summed E-state index contributed by atoms with van der Waals surface area (Å²) in [6, 6.07) is 0. The maximum atomic E-state index is 4.46. The van der Waals surface area contributed by atoms with Gasteiger partial charge in [0.1, 0.15) is 0 Å². The lowest BCUT2D eigenvalue weighted by Gasteiger charge is -2.50. The monoisotopic (exact) mass is 204 g/mol. The molecule has 15 heavy (non-hydrogen) atoms. The Labute approximate surface area is 94.1 Å². The van der Waals surface area contributed by atoms with E-state index < -0.39 is 0 Å². The summed E-state index contributed by atoms with van der Waals surface area (Å²) in [4.78, 5) is 0. The van der Waals surface area contributed by atoms with E-state index in [1.807, 2.05) is 0 Å². The van der Waals surface area contributed by atoms with Gasteiger partial charge in [0.2, 0.25) is 0 Å². The molecule has 0 N–H and O–H groups in total. The van der Waals surface area contributed by atoms with Crippen molar-refractivity contribution in [2.75, 3.05) is 0 Å². The van der Waals surface area contributed by atoms with Gasteiger partial charge in [-0.15, -0.1) is 0 Å². The Morgan fingerprint density at radius 1 is 1.27 bits per heavy atom. The average molecular weight is 204 g/mol. The molecule has 2 bridgehead atoms. The minimum absolute atomic E-state index is 0.537. The van der Waals surface area contributed by atoms with Crippen molar-refractivity contribution < 1.29 is 0 Å². The molecular formula is C15H24. The predicted molar refractivity (Wildman–Crippen MR) is 64.6 cm³/mol. The molecule has 3 saturated carbocycles. The summed E-state index contributed by atoms with van der Waals surface area (Å²) < 4.78 is 0. The van der Waals surface area contributed by atoms with E-state index in [9.17, 15) is 0 Å². The summed E-state index contributed by atoms with van der Waals surface area (Å²) in [6.07, 6.45) is 7.10. The van der Waals surface area contributed by atoms with Gasteiger partial charge in [-0.05, 0) is 60.7 Å². The highest BCUT2D eigenvalue weighted by molar-refractivity contribution is 5.28. The second kappa shape index (κ2) is 2.70. The third kappa shape index (κ3) is 0.905. The van der Waals surface area contributed by atoms with Crippen LogP contribution in [0.4, 0.5) is 0 Å². The Hall–Kier alpha value is -0.260. The van der Waals surface area contributed by atoms with Gasteiger partial charge in [0.25, 0.3) is 0 Å². The van der Waals surface area contributed by atoms with E-state index in [-0.39, 0.29) is 0 Å². The molecule has 0 unspecified atom stereocenters. The zero-order valence-electron chi connectivity index (χ0n) is 10.5. The zero-order chi connectivity index (χ0) is 10.8. The summed E-state index contributed by atoms with van der Waals surface area (Å²) in [7, 11) is 0. The standard InChI is InChI=1S/C15H24/c1-10-7-8-15-11(2)5-6-12(9-13(10)15)14(15,3)4/h10,12-13H,2,5-9H2,1,3-4H3/t10-,12-,13-,15-/m1/s1. The second-order valence-electron chi connectivity index (χ2n) is 6.89.